The third-order valence-electron chi connectivity index (χ3n) is 0. The van der Waals surface area contributed by atoms with Crippen molar-refractivity contribution in [1.29, 1.82) is 0 Å². The van der Waals surface area contributed by atoms with Crippen molar-refractivity contribution in [2.45, 2.75) is 0 Å². The van der Waals surface area contributed by atoms with E-state index in [1.807, 2.05) is 0 Å². The predicted molar refractivity (Wildman–Crippen MR) is 26.6 cm³/mol. The van der Waals surface area contributed by atoms with Crippen molar-refractivity contribution in [3.8, 4) is 0 Å². The van der Waals surface area contributed by atoms with Crippen LogP contribution >= 0.6 is 0 Å². The number of hydrogen-bond donors (Lipinski definition) is 3. The number of rotatable bonds is 0. The van der Waals surface area contributed by atoms with E-state index in [1.54, 1.807) is 0 Å². The van der Waals surface area contributed by atoms with E-state index in [2.05, 4.69) is 0 Å². The highest BCUT2D eigenvalue weighted by atomic mass is 32.3. The van der Waals surface area contributed by atoms with Crippen molar-refractivity contribution >= 4 is 10.4 Å². The standard InChI is InChI=1S/HNO3.H2O4S.H2O/c2-1(3)4;1-5(2,3)4;/h(H,2,3,4);(H2,1,2,3,4);1H2. The summed E-state index contributed by atoms with van der Waals surface area (Å²) >= 11 is 0. The Hall–Kier alpha value is -0.970. The third kappa shape index (κ3) is 272. The lowest BCUT2D eigenvalue weighted by atomic mass is 13.1. The van der Waals surface area contributed by atoms with E-state index in [0.717, 1.165) is 0 Å². The molecule has 0 amide bonds. The maximum atomic E-state index is 8.74. The smallest absolute Gasteiger partial charge is 0.394 e. The van der Waals surface area contributed by atoms with Crippen LogP contribution < -0.4 is 0 Å². The quantitative estimate of drug-likeness (QED) is 0.223. The van der Waals surface area contributed by atoms with Crippen LogP contribution in [-0.4, -0.2) is 33.3 Å². The molecular weight excluding hydrogens is 174 g/mol. The Bertz CT molecular complexity index is 152. The zero-order valence-electron chi connectivity index (χ0n) is 4.33. The van der Waals surface area contributed by atoms with Crippen molar-refractivity contribution in [1.82, 2.24) is 0 Å². The molecule has 0 saturated heterocycles. The summed E-state index contributed by atoms with van der Waals surface area (Å²) in [5.74, 6) is 0. The third-order valence-corrected chi connectivity index (χ3v) is 0. The summed E-state index contributed by atoms with van der Waals surface area (Å²) in [6.45, 7) is 0. The van der Waals surface area contributed by atoms with Crippen molar-refractivity contribution in [2.75, 3.05) is 0 Å². The van der Waals surface area contributed by atoms with E-state index in [1.165, 1.54) is 0 Å². The molecule has 0 aliphatic rings. The van der Waals surface area contributed by atoms with Crippen LogP contribution in [0.4, 0.5) is 0 Å². The van der Waals surface area contributed by atoms with Gasteiger partial charge in [-0.25, -0.2) is 0 Å². The lowest BCUT2D eigenvalue weighted by Gasteiger charge is -1.68. The molecule has 0 aromatic carbocycles. The lowest BCUT2D eigenvalue weighted by Crippen LogP contribution is -1.89. The van der Waals surface area contributed by atoms with Gasteiger partial charge in [0.2, 0.25) is 0 Å². The van der Waals surface area contributed by atoms with Crippen molar-refractivity contribution in [3.05, 3.63) is 10.1 Å². The van der Waals surface area contributed by atoms with E-state index in [9.17, 15) is 0 Å². The Morgan fingerprint density at radius 2 is 1.30 bits per heavy atom. The average molecular weight is 179 g/mol. The highest BCUT2D eigenvalue weighted by Gasteiger charge is 1.84. The van der Waals surface area contributed by atoms with Gasteiger partial charge in [-0.2, -0.15) is 8.42 Å². The van der Waals surface area contributed by atoms with Gasteiger partial charge in [0.1, 0.15) is 0 Å². The van der Waals surface area contributed by atoms with Gasteiger partial charge in [-0.15, -0.1) is 10.1 Å². The fourth-order valence-corrected chi connectivity index (χ4v) is 0. The van der Waals surface area contributed by atoms with Gasteiger partial charge in [0, 0.05) is 0 Å². The zero-order valence-corrected chi connectivity index (χ0v) is 5.15. The molecule has 0 radical (unpaired) electrons. The summed E-state index contributed by atoms with van der Waals surface area (Å²) < 4.78 is 31.6. The molecular formula is H5NO8S. The fraction of sp³-hybridized carbons (Fsp3) is 0. The molecule has 0 saturated carbocycles. The largest absolute Gasteiger partial charge is 0.412 e. The zero-order chi connectivity index (χ0) is 8.08. The van der Waals surface area contributed by atoms with Crippen LogP contribution in [0.15, 0.2) is 0 Å². The van der Waals surface area contributed by atoms with Crippen LogP contribution in [-0.2, 0) is 10.4 Å². The Morgan fingerprint density at radius 1 is 1.30 bits per heavy atom. The summed E-state index contributed by atoms with van der Waals surface area (Å²) in [5, 5.41) is 13.6. The number of nitrogens with zero attached hydrogens (tertiary/aromatic N) is 1. The summed E-state index contributed by atoms with van der Waals surface area (Å²) in [4.78, 5) is 8.36. The molecule has 0 spiro atoms. The van der Waals surface area contributed by atoms with Crippen molar-refractivity contribution in [2.24, 2.45) is 0 Å². The Balaban J connectivity index is -0.0000000910. The molecule has 0 aliphatic carbocycles. The first-order chi connectivity index (χ1) is 3.73. The fourth-order valence-electron chi connectivity index (χ4n) is 0. The van der Waals surface area contributed by atoms with Crippen LogP contribution in [0.25, 0.3) is 0 Å². The first-order valence-corrected chi connectivity index (χ1v) is 2.66. The minimum atomic E-state index is -4.67. The SMILES string of the molecule is O.O=S(=O)(O)O.O=[N+]([O-])O. The molecule has 10 heavy (non-hydrogen) atoms. The summed E-state index contributed by atoms with van der Waals surface area (Å²) in [6, 6.07) is 0. The second kappa shape index (κ2) is 6.15. The van der Waals surface area contributed by atoms with Crippen LogP contribution in [0.1, 0.15) is 0 Å². The van der Waals surface area contributed by atoms with Gasteiger partial charge in [-0.05, 0) is 0 Å². The second-order valence-corrected chi connectivity index (χ2v) is 1.58. The van der Waals surface area contributed by atoms with Gasteiger partial charge in [0.05, 0.1) is 0 Å². The monoisotopic (exact) mass is 179 g/mol. The molecule has 0 rings (SSSR count). The van der Waals surface area contributed by atoms with E-state index in [-0.39, 0.29) is 5.48 Å². The minimum Gasteiger partial charge on any atom is -0.412 e. The van der Waals surface area contributed by atoms with E-state index in [0.29, 0.717) is 0 Å². The highest BCUT2D eigenvalue weighted by molar-refractivity contribution is 7.79. The van der Waals surface area contributed by atoms with Gasteiger partial charge in [-0.1, -0.05) is 0 Å². The van der Waals surface area contributed by atoms with Crippen LogP contribution in [0.5, 0.6) is 0 Å². The van der Waals surface area contributed by atoms with Crippen LogP contribution in [0, 0.1) is 10.1 Å². The molecule has 64 valence electrons. The molecule has 0 heterocycles. The molecule has 5 N–H and O–H groups in total. The van der Waals surface area contributed by atoms with Gasteiger partial charge in [0.25, 0.3) is 5.09 Å². The molecule has 0 unspecified atom stereocenters. The van der Waals surface area contributed by atoms with Gasteiger partial charge < -0.3 is 10.7 Å². The normalized spacial score (nSPS) is 8.20. The predicted octanol–water partition coefficient (Wildman–Crippen LogP) is -1.83. The first-order valence-electron chi connectivity index (χ1n) is 1.26. The molecule has 9 nitrogen and oxygen atoms in total. The van der Waals surface area contributed by atoms with Gasteiger partial charge >= 0.3 is 10.4 Å². The van der Waals surface area contributed by atoms with E-state index < -0.39 is 15.5 Å². The highest BCUT2D eigenvalue weighted by Crippen LogP contribution is 1.59. The second-order valence-electron chi connectivity index (χ2n) is 0.686. The molecule has 0 fully saturated rings. The molecule has 0 aliphatic heterocycles. The van der Waals surface area contributed by atoms with Gasteiger partial charge in [0.15, 0.2) is 0 Å². The van der Waals surface area contributed by atoms with E-state index in [4.69, 9.17) is 32.8 Å². The Morgan fingerprint density at radius 3 is 1.30 bits per heavy atom. The average Bonchev–Trinajstić information content (AvgIpc) is 1.19. The number of hydrogen-bond acceptors (Lipinski definition) is 4. The molecule has 10 heteroatoms. The van der Waals surface area contributed by atoms with Crippen molar-refractivity contribution < 1.29 is 33.3 Å². The van der Waals surface area contributed by atoms with Gasteiger partial charge in [-0.3, -0.25) is 9.11 Å². The summed E-state index contributed by atoms with van der Waals surface area (Å²) in [6.07, 6.45) is 0. The van der Waals surface area contributed by atoms with Crippen molar-refractivity contribution in [3.63, 3.8) is 0 Å². The molecule has 0 atom stereocenters. The molecule has 0 aromatic rings. The summed E-state index contributed by atoms with van der Waals surface area (Å²) in [7, 11) is -4.67. The van der Waals surface area contributed by atoms with Crippen LogP contribution in [0.3, 0.4) is 0 Å². The Labute approximate surface area is 54.9 Å². The maximum absolute atomic E-state index is 8.74. The maximum Gasteiger partial charge on any atom is 0.394 e. The summed E-state index contributed by atoms with van der Waals surface area (Å²) in [5.41, 5.74) is 0. The topological polar surface area (TPSA) is 169 Å². The first kappa shape index (κ1) is 16.0. The molecule has 0 aromatic heterocycles. The minimum absolute atomic E-state index is 0. The van der Waals surface area contributed by atoms with Crippen LogP contribution in [0.2, 0.25) is 0 Å². The lowest BCUT2D eigenvalue weighted by molar-refractivity contribution is -0.742. The molecule has 0 bridgehead atoms. The Kier molecular flexibility index (Phi) is 9.86. The van der Waals surface area contributed by atoms with E-state index >= 15 is 0 Å².